The van der Waals surface area contributed by atoms with E-state index >= 15 is 0 Å². The van der Waals surface area contributed by atoms with Gasteiger partial charge in [-0.3, -0.25) is 4.79 Å². The van der Waals surface area contributed by atoms with E-state index in [0.29, 0.717) is 49.0 Å². The number of alkyl halides is 2. The van der Waals surface area contributed by atoms with Crippen molar-refractivity contribution >= 4 is 22.9 Å². The van der Waals surface area contributed by atoms with Crippen molar-refractivity contribution in [2.75, 3.05) is 36.5 Å². The number of aryl methyl sites for hydroxylation is 1. The maximum absolute atomic E-state index is 13.6. The third kappa shape index (κ3) is 4.22. The van der Waals surface area contributed by atoms with Crippen molar-refractivity contribution in [2.24, 2.45) is 5.73 Å². The summed E-state index contributed by atoms with van der Waals surface area (Å²) in [7, 11) is 0. The van der Waals surface area contributed by atoms with E-state index in [1.165, 1.54) is 6.92 Å². The van der Waals surface area contributed by atoms with Crippen LogP contribution in [0.3, 0.4) is 0 Å². The number of nitrogens with zero attached hydrogens (tertiary/aromatic N) is 3. The molecular weight excluding hydrogens is 420 g/mol. The third-order valence-corrected chi connectivity index (χ3v) is 5.56. The molecule has 170 valence electrons. The molecule has 4 rings (SSSR count). The summed E-state index contributed by atoms with van der Waals surface area (Å²) < 4.78 is 38.2. The molecule has 2 aliphatic heterocycles. The number of nitrogens with two attached hydrogens (primary N) is 1. The van der Waals surface area contributed by atoms with Gasteiger partial charge in [-0.2, -0.15) is 0 Å². The molecule has 10 heteroatoms. The molecule has 0 saturated carbocycles. The summed E-state index contributed by atoms with van der Waals surface area (Å²) in [5.74, 6) is 0.0865. The first-order valence-corrected chi connectivity index (χ1v) is 10.3. The molecule has 0 spiro atoms. The van der Waals surface area contributed by atoms with E-state index in [0.717, 1.165) is 11.8 Å². The lowest BCUT2D eigenvalue weighted by atomic mass is 9.99. The maximum Gasteiger partial charge on any atom is 0.277 e. The average Bonchev–Trinajstić information content (AvgIpc) is 3.12. The van der Waals surface area contributed by atoms with Crippen molar-refractivity contribution in [3.63, 3.8) is 0 Å². The van der Waals surface area contributed by atoms with Crippen LogP contribution in [0.2, 0.25) is 0 Å². The van der Waals surface area contributed by atoms with Gasteiger partial charge in [0.15, 0.2) is 11.4 Å². The van der Waals surface area contributed by atoms with Crippen molar-refractivity contribution in [1.82, 2.24) is 9.97 Å². The van der Waals surface area contributed by atoms with E-state index in [9.17, 15) is 13.6 Å². The Morgan fingerprint density at radius 1 is 1.28 bits per heavy atom. The first kappa shape index (κ1) is 21.9. The second-order valence-electron chi connectivity index (χ2n) is 8.09. The number of morpholine rings is 1. The Balaban J connectivity index is 1.67. The molecule has 1 aromatic heterocycles. The van der Waals surface area contributed by atoms with Gasteiger partial charge in [0.05, 0.1) is 30.2 Å². The molecule has 1 unspecified atom stereocenters. The maximum atomic E-state index is 13.6. The van der Waals surface area contributed by atoms with Crippen LogP contribution in [0, 0.1) is 6.92 Å². The minimum Gasteiger partial charge on any atom is -0.481 e. The highest BCUT2D eigenvalue weighted by Gasteiger charge is 2.44. The van der Waals surface area contributed by atoms with Gasteiger partial charge in [-0.1, -0.05) is 0 Å². The molecule has 0 aliphatic carbocycles. The lowest BCUT2D eigenvalue weighted by Crippen LogP contribution is -2.38. The molecule has 1 amide bonds. The van der Waals surface area contributed by atoms with Crippen LogP contribution in [0.15, 0.2) is 30.7 Å². The van der Waals surface area contributed by atoms with Crippen LogP contribution in [0.5, 0.6) is 5.75 Å². The zero-order valence-corrected chi connectivity index (χ0v) is 17.9. The highest BCUT2D eigenvalue weighted by atomic mass is 19.3. The lowest BCUT2D eigenvalue weighted by molar-refractivity contribution is -0.111. The molecule has 2 aliphatic rings. The Bertz CT molecular complexity index is 1040. The number of fused-ring (bicyclic) bond motifs is 1. The number of benzene rings is 1. The SMILES string of the molecule is Cc1cnc(C(=CN)C(=O)Nc2cc3c(cc2N2CCOCC2)OC(C)(C(F)F)C3)nc1. The van der Waals surface area contributed by atoms with Gasteiger partial charge >= 0.3 is 0 Å². The average molecular weight is 445 g/mol. The van der Waals surface area contributed by atoms with Crippen molar-refractivity contribution in [3.05, 3.63) is 47.7 Å². The molecule has 1 saturated heterocycles. The summed E-state index contributed by atoms with van der Waals surface area (Å²) in [5, 5.41) is 2.87. The molecule has 3 heterocycles. The van der Waals surface area contributed by atoms with Gasteiger partial charge in [0.25, 0.3) is 12.3 Å². The summed E-state index contributed by atoms with van der Waals surface area (Å²) >= 11 is 0. The molecule has 1 fully saturated rings. The van der Waals surface area contributed by atoms with Gasteiger partial charge in [0.2, 0.25) is 0 Å². The summed E-state index contributed by atoms with van der Waals surface area (Å²) in [6.07, 6.45) is 1.73. The third-order valence-electron chi connectivity index (χ3n) is 5.56. The number of amides is 1. The quantitative estimate of drug-likeness (QED) is 0.682. The minimum atomic E-state index is -2.65. The van der Waals surface area contributed by atoms with Crippen LogP contribution in [0.25, 0.3) is 5.57 Å². The zero-order valence-electron chi connectivity index (χ0n) is 17.9. The predicted octanol–water partition coefficient (Wildman–Crippen LogP) is 2.52. The molecule has 2 aromatic rings. The number of anilines is 2. The lowest BCUT2D eigenvalue weighted by Gasteiger charge is -2.31. The summed E-state index contributed by atoms with van der Waals surface area (Å²) in [5.41, 5.74) is 6.79. The van der Waals surface area contributed by atoms with Crippen molar-refractivity contribution in [2.45, 2.75) is 32.3 Å². The number of rotatable bonds is 5. The van der Waals surface area contributed by atoms with Gasteiger partial charge in [-0.25, -0.2) is 18.7 Å². The second kappa shape index (κ2) is 8.70. The molecule has 1 atom stereocenters. The molecule has 0 bridgehead atoms. The number of ether oxygens (including phenoxy) is 2. The standard InChI is InChI=1S/C22H25F2N5O3/c1-13-11-26-19(27-12-13)15(10-25)20(30)28-16-7-14-9-22(2,21(23)24)32-18(14)8-17(16)29-3-5-31-6-4-29/h7-8,10-12,21H,3-6,9,25H2,1-2H3,(H,28,30). The second-order valence-corrected chi connectivity index (χ2v) is 8.09. The monoisotopic (exact) mass is 445 g/mol. The Labute approximate surface area is 184 Å². The fraction of sp³-hybridized carbons (Fsp3) is 0.409. The van der Waals surface area contributed by atoms with E-state index in [4.69, 9.17) is 15.2 Å². The van der Waals surface area contributed by atoms with Crippen LogP contribution in [-0.4, -0.2) is 54.2 Å². The molecule has 32 heavy (non-hydrogen) atoms. The Hall–Kier alpha value is -3.27. The fourth-order valence-electron chi connectivity index (χ4n) is 3.77. The topological polar surface area (TPSA) is 103 Å². The number of halogens is 2. The number of carbonyl (C=O) groups excluding carboxylic acids is 1. The predicted molar refractivity (Wildman–Crippen MR) is 116 cm³/mol. The van der Waals surface area contributed by atoms with Gasteiger partial charge in [-0.15, -0.1) is 0 Å². The first-order chi connectivity index (χ1) is 15.3. The van der Waals surface area contributed by atoms with Crippen LogP contribution in [0.1, 0.15) is 23.9 Å². The van der Waals surface area contributed by atoms with E-state index in [1.54, 1.807) is 24.5 Å². The van der Waals surface area contributed by atoms with Crippen LogP contribution >= 0.6 is 0 Å². The van der Waals surface area contributed by atoms with Gasteiger partial charge < -0.3 is 25.4 Å². The molecule has 1 aromatic carbocycles. The molecular formula is C22H25F2N5O3. The number of aromatic nitrogens is 2. The Morgan fingerprint density at radius 3 is 2.59 bits per heavy atom. The van der Waals surface area contributed by atoms with E-state index in [-0.39, 0.29) is 17.8 Å². The highest BCUT2D eigenvalue weighted by molar-refractivity contribution is 6.24. The first-order valence-electron chi connectivity index (χ1n) is 10.3. The van der Waals surface area contributed by atoms with Crippen LogP contribution in [0.4, 0.5) is 20.2 Å². The van der Waals surface area contributed by atoms with Gasteiger partial charge in [-0.05, 0) is 25.5 Å². The molecule has 0 radical (unpaired) electrons. The van der Waals surface area contributed by atoms with Crippen molar-refractivity contribution in [3.8, 4) is 5.75 Å². The number of carbonyl (C=O) groups is 1. The van der Waals surface area contributed by atoms with E-state index in [2.05, 4.69) is 15.3 Å². The molecule has 3 N–H and O–H groups in total. The van der Waals surface area contributed by atoms with Gasteiger partial charge in [0, 0.05) is 49.7 Å². The van der Waals surface area contributed by atoms with Crippen molar-refractivity contribution in [1.29, 1.82) is 0 Å². The van der Waals surface area contributed by atoms with E-state index in [1.807, 2.05) is 11.8 Å². The molecule has 8 nitrogen and oxygen atoms in total. The van der Waals surface area contributed by atoms with Crippen molar-refractivity contribution < 1.29 is 23.0 Å². The number of hydrogen-bond acceptors (Lipinski definition) is 7. The van der Waals surface area contributed by atoms with Gasteiger partial charge in [0.1, 0.15) is 5.75 Å². The Morgan fingerprint density at radius 2 is 1.97 bits per heavy atom. The van der Waals surface area contributed by atoms with Crippen LogP contribution in [-0.2, 0) is 16.0 Å². The number of hydrogen-bond donors (Lipinski definition) is 2. The fourth-order valence-corrected chi connectivity index (χ4v) is 3.77. The zero-order chi connectivity index (χ0) is 22.9. The summed E-state index contributed by atoms with van der Waals surface area (Å²) in [6.45, 7) is 5.44. The smallest absolute Gasteiger partial charge is 0.277 e. The summed E-state index contributed by atoms with van der Waals surface area (Å²) in [4.78, 5) is 23.4. The normalized spacial score (nSPS) is 20.8. The Kier molecular flexibility index (Phi) is 5.96. The summed E-state index contributed by atoms with van der Waals surface area (Å²) in [6, 6.07) is 3.40. The number of nitrogens with one attached hydrogen (secondary N) is 1. The highest BCUT2D eigenvalue weighted by Crippen LogP contribution is 2.44. The van der Waals surface area contributed by atoms with E-state index < -0.39 is 17.9 Å². The minimum absolute atomic E-state index is 0.0346. The van der Waals surface area contributed by atoms with Crippen LogP contribution < -0.4 is 20.7 Å². The largest absolute Gasteiger partial charge is 0.481 e.